The Morgan fingerprint density at radius 2 is 1.76 bits per heavy atom. The number of ether oxygens (including phenoxy) is 1. The second-order valence-electron chi connectivity index (χ2n) is 5.98. The summed E-state index contributed by atoms with van der Waals surface area (Å²) in [5.41, 5.74) is 0.771. The Balaban J connectivity index is 2.91. The smallest absolute Gasteiger partial charge is 0.307 e. The van der Waals surface area contributed by atoms with Gasteiger partial charge in [-0.25, -0.2) is 8.42 Å². The number of aliphatic carboxylic acids is 1. The first-order valence-corrected chi connectivity index (χ1v) is 8.30. The average Bonchev–Trinajstić information content (AvgIpc) is 2.37. The van der Waals surface area contributed by atoms with Crippen LogP contribution in [0.2, 0.25) is 0 Å². The number of hydrogen-bond donors (Lipinski definition) is 1. The first kappa shape index (κ1) is 17.5. The van der Waals surface area contributed by atoms with Crippen molar-refractivity contribution in [1.29, 1.82) is 0 Å². The van der Waals surface area contributed by atoms with Crippen LogP contribution in [0, 0.1) is 5.92 Å². The van der Waals surface area contributed by atoms with Crippen molar-refractivity contribution in [2.75, 3.05) is 12.9 Å². The molecule has 1 aromatic carbocycles. The molecule has 0 radical (unpaired) electrons. The maximum atomic E-state index is 12.2. The van der Waals surface area contributed by atoms with Crippen LogP contribution in [0.3, 0.4) is 0 Å². The summed E-state index contributed by atoms with van der Waals surface area (Å²) in [7, 11) is -1.93. The summed E-state index contributed by atoms with van der Waals surface area (Å²) >= 11 is 0. The van der Waals surface area contributed by atoms with Gasteiger partial charge in [0.1, 0.15) is 5.75 Å². The van der Waals surface area contributed by atoms with E-state index in [0.717, 1.165) is 5.56 Å². The van der Waals surface area contributed by atoms with Crippen LogP contribution >= 0.6 is 0 Å². The zero-order valence-corrected chi connectivity index (χ0v) is 13.6. The van der Waals surface area contributed by atoms with Crippen LogP contribution in [0.5, 0.6) is 5.75 Å². The lowest BCUT2D eigenvalue weighted by atomic mass is 10.0. The highest BCUT2D eigenvalue weighted by atomic mass is 32.2. The van der Waals surface area contributed by atoms with Gasteiger partial charge in [0.25, 0.3) is 0 Å². The van der Waals surface area contributed by atoms with E-state index < -0.39 is 26.5 Å². The minimum atomic E-state index is -3.48. The van der Waals surface area contributed by atoms with Crippen molar-refractivity contribution >= 4 is 15.8 Å². The molecule has 6 heteroatoms. The van der Waals surface area contributed by atoms with E-state index in [1.807, 2.05) is 0 Å². The van der Waals surface area contributed by atoms with Crippen molar-refractivity contribution in [2.24, 2.45) is 5.92 Å². The van der Waals surface area contributed by atoms with Gasteiger partial charge in [0.2, 0.25) is 0 Å². The molecule has 0 aliphatic carbocycles. The summed E-state index contributed by atoms with van der Waals surface area (Å²) in [5, 5.41) is 9.28. The van der Waals surface area contributed by atoms with E-state index in [4.69, 9.17) is 4.74 Å². The average molecular weight is 314 g/mol. The maximum absolute atomic E-state index is 12.2. The second-order valence-corrected chi connectivity index (χ2v) is 8.77. The van der Waals surface area contributed by atoms with Crippen molar-refractivity contribution in [2.45, 2.75) is 31.9 Å². The Morgan fingerprint density at radius 1 is 1.24 bits per heavy atom. The predicted octanol–water partition coefficient (Wildman–Crippen LogP) is 2.15. The molecule has 0 aliphatic rings. The zero-order valence-electron chi connectivity index (χ0n) is 12.8. The molecule has 1 atom stereocenters. The Kier molecular flexibility index (Phi) is 5.39. The van der Waals surface area contributed by atoms with Gasteiger partial charge in [-0.15, -0.1) is 0 Å². The number of carboxylic acids is 1. The molecule has 0 saturated carbocycles. The third-order valence-corrected chi connectivity index (χ3v) is 6.05. The molecule has 0 fully saturated rings. The molecule has 0 spiro atoms. The fourth-order valence-corrected chi connectivity index (χ4v) is 3.07. The van der Waals surface area contributed by atoms with Gasteiger partial charge in [0.15, 0.2) is 9.84 Å². The van der Waals surface area contributed by atoms with E-state index in [1.54, 1.807) is 52.1 Å². The van der Waals surface area contributed by atoms with Gasteiger partial charge in [0, 0.05) is 0 Å². The number of carboxylic acid groups (broad SMARTS) is 1. The summed E-state index contributed by atoms with van der Waals surface area (Å²) in [4.78, 5) is 11.3. The normalized spacial score (nSPS) is 13.7. The Labute approximate surface area is 125 Å². The largest absolute Gasteiger partial charge is 0.497 e. The lowest BCUT2D eigenvalue weighted by Crippen LogP contribution is -2.36. The minimum Gasteiger partial charge on any atom is -0.497 e. The van der Waals surface area contributed by atoms with Crippen molar-refractivity contribution in [3.05, 3.63) is 29.8 Å². The summed E-state index contributed by atoms with van der Waals surface area (Å²) in [5.74, 6) is -1.74. The molecule has 0 saturated heterocycles. The molecule has 21 heavy (non-hydrogen) atoms. The fraction of sp³-hybridized carbons (Fsp3) is 0.533. The molecular formula is C15H22O5S. The van der Waals surface area contributed by atoms with Gasteiger partial charge in [-0.1, -0.05) is 12.1 Å². The number of methoxy groups -OCH3 is 1. The number of sulfone groups is 1. The third kappa shape index (κ3) is 4.74. The summed E-state index contributed by atoms with van der Waals surface area (Å²) in [6, 6.07) is 6.95. The Bertz CT molecular complexity index is 581. The molecular weight excluding hydrogens is 292 g/mol. The van der Waals surface area contributed by atoms with Crippen LogP contribution in [0.15, 0.2) is 24.3 Å². The van der Waals surface area contributed by atoms with Crippen LogP contribution in [0.1, 0.15) is 26.3 Å². The van der Waals surface area contributed by atoms with Gasteiger partial charge in [0.05, 0.1) is 23.5 Å². The molecule has 0 aromatic heterocycles. The molecule has 1 rings (SSSR count). The molecule has 118 valence electrons. The van der Waals surface area contributed by atoms with E-state index in [1.165, 1.54) is 0 Å². The maximum Gasteiger partial charge on any atom is 0.307 e. The van der Waals surface area contributed by atoms with Crippen molar-refractivity contribution < 1.29 is 23.1 Å². The molecule has 5 nitrogen and oxygen atoms in total. The third-order valence-electron chi connectivity index (χ3n) is 3.34. The minimum absolute atomic E-state index is 0.175. The van der Waals surface area contributed by atoms with E-state index in [-0.39, 0.29) is 12.2 Å². The van der Waals surface area contributed by atoms with E-state index >= 15 is 0 Å². The quantitative estimate of drug-likeness (QED) is 0.870. The Morgan fingerprint density at radius 3 is 2.14 bits per heavy atom. The number of hydrogen-bond acceptors (Lipinski definition) is 4. The highest BCUT2D eigenvalue weighted by Gasteiger charge is 2.34. The van der Waals surface area contributed by atoms with Gasteiger partial charge < -0.3 is 9.84 Å². The van der Waals surface area contributed by atoms with Gasteiger partial charge in [-0.3, -0.25) is 4.79 Å². The van der Waals surface area contributed by atoms with Crippen LogP contribution in [-0.2, 0) is 21.1 Å². The van der Waals surface area contributed by atoms with Crippen molar-refractivity contribution in [3.63, 3.8) is 0 Å². The first-order valence-electron chi connectivity index (χ1n) is 6.65. The highest BCUT2D eigenvalue weighted by Crippen LogP contribution is 2.22. The highest BCUT2D eigenvalue weighted by molar-refractivity contribution is 7.92. The van der Waals surface area contributed by atoms with Gasteiger partial charge in [-0.2, -0.15) is 0 Å². The van der Waals surface area contributed by atoms with E-state index in [9.17, 15) is 18.3 Å². The monoisotopic (exact) mass is 314 g/mol. The Hall–Kier alpha value is -1.56. The number of rotatable bonds is 6. The second kappa shape index (κ2) is 6.47. The zero-order chi connectivity index (χ0) is 16.3. The molecule has 0 aliphatic heterocycles. The topological polar surface area (TPSA) is 80.7 Å². The van der Waals surface area contributed by atoms with Crippen molar-refractivity contribution in [1.82, 2.24) is 0 Å². The van der Waals surface area contributed by atoms with Gasteiger partial charge >= 0.3 is 5.97 Å². The summed E-state index contributed by atoms with van der Waals surface area (Å²) in [6.45, 7) is 4.73. The van der Waals surface area contributed by atoms with Crippen LogP contribution in [0.25, 0.3) is 0 Å². The van der Waals surface area contributed by atoms with Crippen LogP contribution in [-0.4, -0.2) is 37.1 Å². The molecule has 0 amide bonds. The SMILES string of the molecule is COc1ccc(C[C@@H](CS(=O)(=O)C(C)(C)C)C(=O)O)cc1. The first-order chi connectivity index (χ1) is 9.56. The van der Waals surface area contributed by atoms with Crippen LogP contribution < -0.4 is 4.74 Å². The van der Waals surface area contributed by atoms with Gasteiger partial charge in [-0.05, 0) is 44.9 Å². The standard InChI is InChI=1S/C15H22O5S/c1-15(2,3)21(18,19)10-12(14(16)17)9-11-5-7-13(20-4)8-6-11/h5-8,12H,9-10H2,1-4H3,(H,16,17)/t12-/m0/s1. The summed E-state index contributed by atoms with van der Waals surface area (Å²) in [6.07, 6.45) is 0.175. The number of carbonyl (C=O) groups is 1. The van der Waals surface area contributed by atoms with E-state index in [2.05, 4.69) is 0 Å². The molecule has 0 heterocycles. The predicted molar refractivity (Wildman–Crippen MR) is 81.4 cm³/mol. The molecule has 1 N–H and O–H groups in total. The van der Waals surface area contributed by atoms with Crippen LogP contribution in [0.4, 0.5) is 0 Å². The lowest BCUT2D eigenvalue weighted by Gasteiger charge is -2.22. The fourth-order valence-electron chi connectivity index (χ4n) is 1.78. The molecule has 1 aromatic rings. The molecule has 0 unspecified atom stereocenters. The lowest BCUT2D eigenvalue weighted by molar-refractivity contribution is -0.140. The summed E-state index contributed by atoms with van der Waals surface area (Å²) < 4.78 is 28.4. The van der Waals surface area contributed by atoms with Crippen molar-refractivity contribution in [3.8, 4) is 5.75 Å². The van der Waals surface area contributed by atoms with E-state index in [0.29, 0.717) is 5.75 Å². The number of benzene rings is 1. The molecule has 0 bridgehead atoms.